The molecule has 0 saturated heterocycles. The predicted octanol–water partition coefficient (Wildman–Crippen LogP) is 2.75. The summed E-state index contributed by atoms with van der Waals surface area (Å²) >= 11 is 0. The van der Waals surface area contributed by atoms with Crippen LogP contribution in [0.15, 0.2) is 47.5 Å². The lowest BCUT2D eigenvalue weighted by molar-refractivity contribution is -0.120. The standard InChI is InChI=1S/C19H21F3N4O.HI/c1-23-19(26-12-14-11-16(21)5-6-17(14)22)25-8-7-24-18(27)10-13-3-2-4-15(20)9-13;/h2-6,9,11H,7-8,10,12H2,1H3,(H,24,27)(H2,23,25,26);1H. The van der Waals surface area contributed by atoms with E-state index in [1.165, 1.54) is 12.1 Å². The van der Waals surface area contributed by atoms with Gasteiger partial charge in [0.25, 0.3) is 0 Å². The molecule has 5 nitrogen and oxygen atoms in total. The van der Waals surface area contributed by atoms with E-state index in [-0.39, 0.29) is 54.2 Å². The van der Waals surface area contributed by atoms with Crippen LogP contribution in [0, 0.1) is 17.5 Å². The Bertz CT molecular complexity index is 818. The van der Waals surface area contributed by atoms with Gasteiger partial charge < -0.3 is 16.0 Å². The van der Waals surface area contributed by atoms with Crippen LogP contribution >= 0.6 is 24.0 Å². The number of guanidine groups is 1. The Balaban J connectivity index is 0.00000392. The van der Waals surface area contributed by atoms with E-state index >= 15 is 0 Å². The summed E-state index contributed by atoms with van der Waals surface area (Å²) in [5.41, 5.74) is 0.774. The van der Waals surface area contributed by atoms with E-state index in [1.807, 2.05) is 0 Å². The maximum atomic E-state index is 13.6. The number of nitrogens with zero attached hydrogens (tertiary/aromatic N) is 1. The molecule has 2 aromatic rings. The molecule has 0 unspecified atom stereocenters. The molecule has 0 aliphatic carbocycles. The monoisotopic (exact) mass is 506 g/mol. The molecule has 0 fully saturated rings. The molecular weight excluding hydrogens is 484 g/mol. The highest BCUT2D eigenvalue weighted by atomic mass is 127. The lowest BCUT2D eigenvalue weighted by Gasteiger charge is -2.13. The van der Waals surface area contributed by atoms with Crippen molar-refractivity contribution in [1.29, 1.82) is 0 Å². The second-order valence-corrected chi connectivity index (χ2v) is 5.74. The Labute approximate surface area is 178 Å². The van der Waals surface area contributed by atoms with Crippen molar-refractivity contribution in [2.45, 2.75) is 13.0 Å². The molecule has 0 radical (unpaired) electrons. The molecular formula is C19H22F3IN4O. The number of benzene rings is 2. The van der Waals surface area contributed by atoms with Crippen LogP contribution in [-0.4, -0.2) is 32.0 Å². The van der Waals surface area contributed by atoms with Gasteiger partial charge in [0.1, 0.15) is 17.5 Å². The number of carbonyl (C=O) groups is 1. The predicted molar refractivity (Wildman–Crippen MR) is 113 cm³/mol. The Kier molecular flexibility index (Phi) is 10.4. The number of halogens is 4. The average molecular weight is 506 g/mol. The van der Waals surface area contributed by atoms with Crippen molar-refractivity contribution in [2.24, 2.45) is 4.99 Å². The summed E-state index contributed by atoms with van der Waals surface area (Å²) in [7, 11) is 1.54. The number of aliphatic imine (C=N–C) groups is 1. The number of carbonyl (C=O) groups excluding carboxylic acids is 1. The SMILES string of the molecule is CN=C(NCCNC(=O)Cc1cccc(F)c1)NCc1cc(F)ccc1F.I. The fourth-order valence-corrected chi connectivity index (χ4v) is 2.36. The first-order chi connectivity index (χ1) is 13.0. The van der Waals surface area contributed by atoms with Crippen LogP contribution in [-0.2, 0) is 17.8 Å². The summed E-state index contributed by atoms with van der Waals surface area (Å²) in [6.45, 7) is 0.762. The van der Waals surface area contributed by atoms with Gasteiger partial charge in [-0.3, -0.25) is 9.79 Å². The number of hydrogen-bond acceptors (Lipinski definition) is 2. The van der Waals surface area contributed by atoms with E-state index in [0.717, 1.165) is 18.2 Å². The maximum Gasteiger partial charge on any atom is 0.224 e. The highest BCUT2D eigenvalue weighted by Gasteiger charge is 2.06. The second-order valence-electron chi connectivity index (χ2n) is 5.74. The number of hydrogen-bond donors (Lipinski definition) is 3. The van der Waals surface area contributed by atoms with Crippen molar-refractivity contribution in [1.82, 2.24) is 16.0 Å². The van der Waals surface area contributed by atoms with Gasteiger partial charge in [0.2, 0.25) is 5.91 Å². The number of amides is 1. The van der Waals surface area contributed by atoms with Crippen LogP contribution in [0.1, 0.15) is 11.1 Å². The lowest BCUT2D eigenvalue weighted by Crippen LogP contribution is -2.41. The van der Waals surface area contributed by atoms with Crippen molar-refractivity contribution in [2.75, 3.05) is 20.1 Å². The topological polar surface area (TPSA) is 65.5 Å². The first-order valence-corrected chi connectivity index (χ1v) is 8.37. The van der Waals surface area contributed by atoms with Gasteiger partial charge in [-0.05, 0) is 35.9 Å². The zero-order valence-corrected chi connectivity index (χ0v) is 17.6. The smallest absolute Gasteiger partial charge is 0.224 e. The summed E-state index contributed by atoms with van der Waals surface area (Å²) in [6, 6.07) is 9.10. The minimum atomic E-state index is -0.517. The summed E-state index contributed by atoms with van der Waals surface area (Å²) in [4.78, 5) is 15.8. The number of rotatable bonds is 7. The lowest BCUT2D eigenvalue weighted by atomic mass is 10.1. The van der Waals surface area contributed by atoms with E-state index in [9.17, 15) is 18.0 Å². The van der Waals surface area contributed by atoms with Crippen LogP contribution in [0.25, 0.3) is 0 Å². The Hall–Kier alpha value is -2.30. The molecule has 0 atom stereocenters. The zero-order chi connectivity index (χ0) is 19.6. The molecule has 1 amide bonds. The summed E-state index contributed by atoms with van der Waals surface area (Å²) in [6.07, 6.45) is 0.0869. The summed E-state index contributed by atoms with van der Waals surface area (Å²) < 4.78 is 39.8. The Morgan fingerprint density at radius 2 is 1.68 bits per heavy atom. The maximum absolute atomic E-state index is 13.6. The van der Waals surface area contributed by atoms with Crippen LogP contribution < -0.4 is 16.0 Å². The molecule has 0 aromatic heterocycles. The molecule has 0 saturated carbocycles. The summed E-state index contributed by atoms with van der Waals surface area (Å²) in [5.74, 6) is -1.25. The third-order valence-electron chi connectivity index (χ3n) is 3.67. The van der Waals surface area contributed by atoms with Crippen molar-refractivity contribution in [3.8, 4) is 0 Å². The number of nitrogens with one attached hydrogen (secondary N) is 3. The van der Waals surface area contributed by atoms with Gasteiger partial charge in [-0.15, -0.1) is 24.0 Å². The molecule has 0 bridgehead atoms. The van der Waals surface area contributed by atoms with Crippen LogP contribution in [0.4, 0.5) is 13.2 Å². The van der Waals surface area contributed by atoms with E-state index in [1.54, 1.807) is 19.2 Å². The molecule has 9 heteroatoms. The van der Waals surface area contributed by atoms with E-state index < -0.39 is 11.6 Å². The third kappa shape index (κ3) is 8.15. The normalized spacial score (nSPS) is 10.8. The molecule has 3 N–H and O–H groups in total. The zero-order valence-electron chi connectivity index (χ0n) is 15.3. The van der Waals surface area contributed by atoms with Crippen molar-refractivity contribution < 1.29 is 18.0 Å². The fourth-order valence-electron chi connectivity index (χ4n) is 2.36. The van der Waals surface area contributed by atoms with E-state index in [2.05, 4.69) is 20.9 Å². The molecule has 0 heterocycles. The Morgan fingerprint density at radius 3 is 2.39 bits per heavy atom. The quantitative estimate of drug-likeness (QED) is 0.234. The molecule has 2 rings (SSSR count). The van der Waals surface area contributed by atoms with Crippen LogP contribution in [0.5, 0.6) is 0 Å². The first kappa shape index (κ1) is 23.7. The molecule has 0 aliphatic heterocycles. The average Bonchev–Trinajstić information content (AvgIpc) is 2.63. The van der Waals surface area contributed by atoms with E-state index in [4.69, 9.17) is 0 Å². The molecule has 0 aliphatic rings. The highest BCUT2D eigenvalue weighted by Crippen LogP contribution is 2.09. The van der Waals surface area contributed by atoms with Crippen molar-refractivity contribution >= 4 is 35.8 Å². The van der Waals surface area contributed by atoms with Crippen LogP contribution in [0.3, 0.4) is 0 Å². The highest BCUT2D eigenvalue weighted by molar-refractivity contribution is 14.0. The molecule has 2 aromatic carbocycles. The van der Waals surface area contributed by atoms with Gasteiger partial charge in [0.05, 0.1) is 6.42 Å². The second kappa shape index (κ2) is 12.2. The van der Waals surface area contributed by atoms with Crippen molar-refractivity contribution in [3.63, 3.8) is 0 Å². The molecule has 28 heavy (non-hydrogen) atoms. The molecule has 0 spiro atoms. The minimum Gasteiger partial charge on any atom is -0.355 e. The third-order valence-corrected chi connectivity index (χ3v) is 3.67. The van der Waals surface area contributed by atoms with Gasteiger partial charge in [-0.1, -0.05) is 12.1 Å². The summed E-state index contributed by atoms with van der Waals surface area (Å²) in [5, 5.41) is 8.52. The van der Waals surface area contributed by atoms with Crippen molar-refractivity contribution in [3.05, 3.63) is 71.0 Å². The molecule has 152 valence electrons. The van der Waals surface area contributed by atoms with Gasteiger partial charge in [-0.25, -0.2) is 13.2 Å². The fraction of sp³-hybridized carbons (Fsp3) is 0.263. The van der Waals surface area contributed by atoms with E-state index in [0.29, 0.717) is 24.6 Å². The Morgan fingerprint density at radius 1 is 0.964 bits per heavy atom. The van der Waals surface area contributed by atoms with Crippen LogP contribution in [0.2, 0.25) is 0 Å². The largest absolute Gasteiger partial charge is 0.355 e. The van der Waals surface area contributed by atoms with Gasteiger partial charge in [-0.2, -0.15) is 0 Å². The van der Waals surface area contributed by atoms with Gasteiger partial charge >= 0.3 is 0 Å². The first-order valence-electron chi connectivity index (χ1n) is 8.37. The van der Waals surface area contributed by atoms with Gasteiger partial charge in [0, 0.05) is 32.2 Å². The minimum absolute atomic E-state index is 0. The van der Waals surface area contributed by atoms with Gasteiger partial charge in [0.15, 0.2) is 5.96 Å².